The highest BCUT2D eigenvalue weighted by molar-refractivity contribution is 7.90. The van der Waals surface area contributed by atoms with Crippen molar-refractivity contribution in [3.05, 3.63) is 54.1 Å². The number of benzene rings is 2. The molecule has 1 aliphatic rings. The van der Waals surface area contributed by atoms with Crippen molar-refractivity contribution in [3.63, 3.8) is 0 Å². The standard InChI is InChI=1S/C21H23F3N4O3S/c1-32(30,31)17-8-6-15(7-9-17)14-2-4-16(5-3-14)18(21(22,23)24)26-13-27-19(29)28-20(12-25)10-11-20/h2-9,18-19,26-29H,10-11,13H2,1H3/t18-,19?/m0/s1. The fraction of sp³-hybridized carbons (Fsp3) is 0.381. The van der Waals surface area contributed by atoms with Gasteiger partial charge >= 0.3 is 6.18 Å². The first-order chi connectivity index (χ1) is 14.9. The van der Waals surface area contributed by atoms with Gasteiger partial charge in [-0.2, -0.15) is 18.4 Å². The van der Waals surface area contributed by atoms with E-state index in [2.05, 4.69) is 16.0 Å². The van der Waals surface area contributed by atoms with Crippen molar-refractivity contribution in [3.8, 4) is 17.2 Å². The molecule has 0 amide bonds. The predicted octanol–water partition coefficient (Wildman–Crippen LogP) is 2.42. The maximum absolute atomic E-state index is 13.6. The number of nitrogens with one attached hydrogen (secondary N) is 3. The normalized spacial score (nSPS) is 17.4. The fourth-order valence-corrected chi connectivity index (χ4v) is 3.80. The van der Waals surface area contributed by atoms with Crippen molar-refractivity contribution in [2.75, 3.05) is 12.9 Å². The largest absolute Gasteiger partial charge is 0.407 e. The molecule has 0 bridgehead atoms. The molecule has 172 valence electrons. The van der Waals surface area contributed by atoms with E-state index in [9.17, 15) is 26.7 Å². The van der Waals surface area contributed by atoms with Crippen LogP contribution in [0.5, 0.6) is 0 Å². The minimum absolute atomic E-state index is 0.0195. The molecule has 3 rings (SSSR count). The Bertz CT molecular complexity index is 1080. The van der Waals surface area contributed by atoms with Crippen LogP contribution in [0.15, 0.2) is 53.4 Å². The molecule has 0 spiro atoms. The summed E-state index contributed by atoms with van der Waals surface area (Å²) in [5.74, 6) is 0. The van der Waals surface area contributed by atoms with E-state index < -0.39 is 33.9 Å². The predicted molar refractivity (Wildman–Crippen MR) is 112 cm³/mol. The number of aliphatic hydroxyl groups is 1. The molecule has 0 heterocycles. The van der Waals surface area contributed by atoms with Gasteiger partial charge in [0, 0.05) is 12.9 Å². The van der Waals surface area contributed by atoms with Gasteiger partial charge < -0.3 is 5.11 Å². The summed E-state index contributed by atoms with van der Waals surface area (Å²) in [5, 5.41) is 26.3. The Morgan fingerprint density at radius 2 is 1.59 bits per heavy atom. The van der Waals surface area contributed by atoms with E-state index >= 15 is 0 Å². The highest BCUT2D eigenvalue weighted by atomic mass is 32.2. The SMILES string of the molecule is CS(=O)(=O)c1ccc(-c2ccc([C@H](NCNC(O)NC3(C#N)CC3)C(F)(F)F)cc2)cc1. The van der Waals surface area contributed by atoms with E-state index in [1.807, 2.05) is 6.07 Å². The third kappa shape index (κ3) is 6.05. The van der Waals surface area contributed by atoms with Crippen molar-refractivity contribution in [1.82, 2.24) is 16.0 Å². The van der Waals surface area contributed by atoms with Gasteiger partial charge in [-0.25, -0.2) is 8.42 Å². The summed E-state index contributed by atoms with van der Waals surface area (Å²) in [5.41, 5.74) is 0.473. The van der Waals surface area contributed by atoms with Crippen molar-refractivity contribution >= 4 is 9.84 Å². The summed E-state index contributed by atoms with van der Waals surface area (Å²) in [4.78, 5) is 0.158. The highest BCUT2D eigenvalue weighted by Crippen LogP contribution is 2.35. The van der Waals surface area contributed by atoms with Crippen LogP contribution in [0.25, 0.3) is 11.1 Å². The van der Waals surface area contributed by atoms with Crippen LogP contribution in [0, 0.1) is 11.3 Å². The van der Waals surface area contributed by atoms with Gasteiger partial charge in [0.25, 0.3) is 0 Å². The molecule has 2 aromatic rings. The zero-order chi connectivity index (χ0) is 23.6. The maximum atomic E-state index is 13.6. The fourth-order valence-electron chi connectivity index (χ4n) is 3.17. The number of nitrogens with zero attached hydrogens (tertiary/aromatic N) is 1. The van der Waals surface area contributed by atoms with Crippen LogP contribution in [0.2, 0.25) is 0 Å². The van der Waals surface area contributed by atoms with E-state index in [4.69, 9.17) is 5.26 Å². The second-order valence-electron chi connectivity index (χ2n) is 7.72. The lowest BCUT2D eigenvalue weighted by molar-refractivity contribution is -0.158. The number of hydrogen-bond donors (Lipinski definition) is 4. The first-order valence-electron chi connectivity index (χ1n) is 9.74. The average Bonchev–Trinajstić information content (AvgIpc) is 3.50. The first kappa shape index (κ1) is 24.2. The second kappa shape index (κ2) is 9.17. The number of nitriles is 1. The molecule has 0 aliphatic heterocycles. The van der Waals surface area contributed by atoms with Crippen LogP contribution in [0.1, 0.15) is 24.4 Å². The third-order valence-corrected chi connectivity index (χ3v) is 6.29. The van der Waals surface area contributed by atoms with E-state index in [1.165, 1.54) is 36.4 Å². The molecule has 32 heavy (non-hydrogen) atoms. The third-order valence-electron chi connectivity index (χ3n) is 5.17. The molecule has 1 aliphatic carbocycles. The quantitative estimate of drug-likeness (QED) is 0.418. The Kier molecular flexibility index (Phi) is 6.92. The van der Waals surface area contributed by atoms with Gasteiger partial charge in [0.05, 0.1) is 11.0 Å². The van der Waals surface area contributed by atoms with Crippen molar-refractivity contribution in [1.29, 1.82) is 5.26 Å². The van der Waals surface area contributed by atoms with Gasteiger partial charge in [0.15, 0.2) is 16.2 Å². The molecule has 1 fully saturated rings. The number of hydrogen-bond acceptors (Lipinski definition) is 7. The molecule has 0 saturated heterocycles. The highest BCUT2D eigenvalue weighted by Gasteiger charge is 2.44. The number of rotatable bonds is 9. The van der Waals surface area contributed by atoms with Gasteiger partial charge in [-0.1, -0.05) is 36.4 Å². The molecule has 0 radical (unpaired) electrons. The van der Waals surface area contributed by atoms with E-state index in [1.54, 1.807) is 12.1 Å². The molecule has 1 saturated carbocycles. The molecule has 2 aromatic carbocycles. The average molecular weight is 469 g/mol. The van der Waals surface area contributed by atoms with Crippen molar-refractivity contribution in [2.45, 2.75) is 41.8 Å². The molecular weight excluding hydrogens is 445 g/mol. The molecule has 2 atom stereocenters. The van der Waals surface area contributed by atoms with Gasteiger partial charge in [-0.3, -0.25) is 16.0 Å². The van der Waals surface area contributed by atoms with E-state index in [-0.39, 0.29) is 17.1 Å². The van der Waals surface area contributed by atoms with Crippen molar-refractivity contribution < 1.29 is 26.7 Å². The van der Waals surface area contributed by atoms with Crippen LogP contribution >= 0.6 is 0 Å². The zero-order valence-electron chi connectivity index (χ0n) is 17.1. The lowest BCUT2D eigenvalue weighted by Gasteiger charge is -2.24. The van der Waals surface area contributed by atoms with Crippen LogP contribution in [-0.2, 0) is 9.84 Å². The first-order valence-corrected chi connectivity index (χ1v) is 11.6. The topological polar surface area (TPSA) is 114 Å². The maximum Gasteiger partial charge on any atom is 0.407 e. The van der Waals surface area contributed by atoms with Crippen LogP contribution < -0.4 is 16.0 Å². The monoisotopic (exact) mass is 468 g/mol. The zero-order valence-corrected chi connectivity index (χ0v) is 18.0. The molecule has 7 nitrogen and oxygen atoms in total. The summed E-state index contributed by atoms with van der Waals surface area (Å²) < 4.78 is 63.8. The van der Waals surface area contributed by atoms with Crippen molar-refractivity contribution in [2.24, 2.45) is 0 Å². The van der Waals surface area contributed by atoms with Gasteiger partial charge in [0.2, 0.25) is 0 Å². The Morgan fingerprint density at radius 1 is 1.06 bits per heavy atom. The number of alkyl halides is 3. The molecule has 1 unspecified atom stereocenters. The summed E-state index contributed by atoms with van der Waals surface area (Å²) in [6.45, 7) is -0.353. The molecule has 0 aromatic heterocycles. The summed E-state index contributed by atoms with van der Waals surface area (Å²) in [6, 6.07) is 11.9. The Balaban J connectivity index is 1.66. The smallest absolute Gasteiger partial charge is 0.365 e. The Hall–Kier alpha value is -2.49. The lowest BCUT2D eigenvalue weighted by atomic mass is 10.0. The Labute approximate surface area is 184 Å². The van der Waals surface area contributed by atoms with Crippen LogP contribution in [-0.4, -0.2) is 44.5 Å². The minimum atomic E-state index is -4.58. The summed E-state index contributed by atoms with van der Waals surface area (Å²) >= 11 is 0. The second-order valence-corrected chi connectivity index (χ2v) is 9.73. The number of halogens is 3. The number of sulfone groups is 1. The Morgan fingerprint density at radius 3 is 2.03 bits per heavy atom. The number of aliphatic hydroxyl groups excluding tert-OH is 1. The lowest BCUT2D eigenvalue weighted by Crippen LogP contribution is -2.51. The summed E-state index contributed by atoms with van der Waals surface area (Å²) in [7, 11) is -3.34. The minimum Gasteiger partial charge on any atom is -0.365 e. The molecule has 4 N–H and O–H groups in total. The van der Waals surface area contributed by atoms with E-state index in [0.717, 1.165) is 6.26 Å². The molecular formula is C21H23F3N4O3S. The van der Waals surface area contributed by atoms with Gasteiger partial charge in [-0.05, 0) is 41.7 Å². The van der Waals surface area contributed by atoms with Crippen LogP contribution in [0.3, 0.4) is 0 Å². The van der Waals surface area contributed by atoms with Gasteiger partial charge in [-0.15, -0.1) is 0 Å². The molecule has 11 heteroatoms. The van der Waals surface area contributed by atoms with E-state index in [0.29, 0.717) is 24.0 Å². The summed E-state index contributed by atoms with van der Waals surface area (Å²) in [6.07, 6.45) is -3.66. The van der Waals surface area contributed by atoms with Crippen LogP contribution in [0.4, 0.5) is 13.2 Å². The van der Waals surface area contributed by atoms with Gasteiger partial charge in [0.1, 0.15) is 11.6 Å².